The van der Waals surface area contributed by atoms with Crippen LogP contribution in [0.2, 0.25) is 0 Å². The van der Waals surface area contributed by atoms with E-state index in [1.54, 1.807) is 13.8 Å². The second-order valence-electron chi connectivity index (χ2n) is 2.36. The molecule has 0 aromatic rings. The summed E-state index contributed by atoms with van der Waals surface area (Å²) in [5.74, 6) is -0.381. The molecule has 12 heavy (non-hydrogen) atoms. The first-order valence-electron chi connectivity index (χ1n) is 3.71. The second-order valence-corrected chi connectivity index (χ2v) is 2.36. The van der Waals surface area contributed by atoms with Crippen molar-refractivity contribution in [2.24, 2.45) is 10.9 Å². The number of rotatable bonds is 4. The summed E-state index contributed by atoms with van der Waals surface area (Å²) in [4.78, 5) is 10.8. The lowest BCUT2D eigenvalue weighted by Crippen LogP contribution is -2.31. The third kappa shape index (κ3) is 3.92. The van der Waals surface area contributed by atoms with Crippen molar-refractivity contribution >= 4 is 11.7 Å². The van der Waals surface area contributed by atoms with E-state index in [2.05, 4.69) is 9.89 Å². The standard InChI is InChI=1S/C7H14N2O3/c1-3-12-7(10)4-6(8)5(2)9-11/h6,11H,3-4,8H2,1-2H3/b9-5+/t6-/m0/s1. The van der Waals surface area contributed by atoms with Crippen LogP contribution in [0.4, 0.5) is 0 Å². The molecule has 0 aromatic heterocycles. The Bertz CT molecular complexity index is 179. The molecule has 3 N–H and O–H groups in total. The number of hydrogen-bond acceptors (Lipinski definition) is 5. The topological polar surface area (TPSA) is 84.9 Å². The molecule has 0 bridgehead atoms. The molecule has 0 unspecified atom stereocenters. The fourth-order valence-corrected chi connectivity index (χ4v) is 0.621. The maximum atomic E-state index is 10.8. The summed E-state index contributed by atoms with van der Waals surface area (Å²) < 4.78 is 4.65. The third-order valence-electron chi connectivity index (χ3n) is 1.39. The van der Waals surface area contributed by atoms with Gasteiger partial charge in [0, 0.05) is 0 Å². The van der Waals surface area contributed by atoms with E-state index in [-0.39, 0.29) is 12.4 Å². The van der Waals surface area contributed by atoms with Crippen molar-refractivity contribution in [1.82, 2.24) is 0 Å². The average molecular weight is 174 g/mol. The Kier molecular flexibility index (Phi) is 5.03. The van der Waals surface area contributed by atoms with Crippen LogP contribution in [0.25, 0.3) is 0 Å². The molecule has 0 amide bonds. The molecular formula is C7H14N2O3. The van der Waals surface area contributed by atoms with E-state index in [1.807, 2.05) is 0 Å². The van der Waals surface area contributed by atoms with Gasteiger partial charge >= 0.3 is 5.97 Å². The predicted molar refractivity (Wildman–Crippen MR) is 44.1 cm³/mol. The van der Waals surface area contributed by atoms with Gasteiger partial charge in [0.15, 0.2) is 0 Å². The zero-order valence-electron chi connectivity index (χ0n) is 7.28. The number of hydrogen-bond donors (Lipinski definition) is 2. The van der Waals surface area contributed by atoms with Crippen molar-refractivity contribution in [3.63, 3.8) is 0 Å². The highest BCUT2D eigenvalue weighted by atomic mass is 16.5. The molecular weight excluding hydrogens is 160 g/mol. The lowest BCUT2D eigenvalue weighted by atomic mass is 10.1. The molecule has 0 aliphatic rings. The molecule has 5 heteroatoms. The van der Waals surface area contributed by atoms with Crippen molar-refractivity contribution in [2.75, 3.05) is 6.61 Å². The summed E-state index contributed by atoms with van der Waals surface area (Å²) in [5, 5.41) is 11.2. The molecule has 0 aliphatic carbocycles. The van der Waals surface area contributed by atoms with Crippen LogP contribution in [0, 0.1) is 0 Å². The van der Waals surface area contributed by atoms with Gasteiger partial charge in [0.25, 0.3) is 0 Å². The largest absolute Gasteiger partial charge is 0.466 e. The fourth-order valence-electron chi connectivity index (χ4n) is 0.621. The van der Waals surface area contributed by atoms with Crippen LogP contribution in [0.3, 0.4) is 0 Å². The lowest BCUT2D eigenvalue weighted by molar-refractivity contribution is -0.143. The summed E-state index contributed by atoms with van der Waals surface area (Å²) >= 11 is 0. The van der Waals surface area contributed by atoms with E-state index in [1.165, 1.54) is 0 Å². The van der Waals surface area contributed by atoms with E-state index in [0.717, 1.165) is 0 Å². The Hall–Kier alpha value is -1.10. The number of esters is 1. The summed E-state index contributed by atoms with van der Waals surface area (Å²) in [6, 6.07) is -0.561. The molecule has 1 atom stereocenters. The molecule has 0 saturated carbocycles. The van der Waals surface area contributed by atoms with Crippen molar-refractivity contribution in [2.45, 2.75) is 26.3 Å². The Morgan fingerprint density at radius 3 is 2.75 bits per heavy atom. The highest BCUT2D eigenvalue weighted by molar-refractivity contribution is 5.90. The summed E-state index contributed by atoms with van der Waals surface area (Å²) in [6.45, 7) is 3.60. The molecule has 0 aromatic carbocycles. The lowest BCUT2D eigenvalue weighted by Gasteiger charge is -2.08. The predicted octanol–water partition coefficient (Wildman–Crippen LogP) is 0.117. The molecule has 0 saturated heterocycles. The van der Waals surface area contributed by atoms with Crippen molar-refractivity contribution in [3.8, 4) is 0 Å². The Morgan fingerprint density at radius 2 is 2.33 bits per heavy atom. The van der Waals surface area contributed by atoms with Crippen LogP contribution in [0.1, 0.15) is 20.3 Å². The molecule has 5 nitrogen and oxygen atoms in total. The first-order valence-corrected chi connectivity index (χ1v) is 3.71. The zero-order chi connectivity index (χ0) is 9.56. The van der Waals surface area contributed by atoms with E-state index >= 15 is 0 Å². The highest BCUT2D eigenvalue weighted by Crippen LogP contribution is 1.94. The van der Waals surface area contributed by atoms with Gasteiger partial charge in [0.2, 0.25) is 0 Å². The Morgan fingerprint density at radius 1 is 1.75 bits per heavy atom. The van der Waals surface area contributed by atoms with Gasteiger partial charge in [-0.1, -0.05) is 5.16 Å². The van der Waals surface area contributed by atoms with E-state index in [4.69, 9.17) is 10.9 Å². The number of carbonyl (C=O) groups is 1. The minimum absolute atomic E-state index is 0.0454. The molecule has 0 spiro atoms. The Balaban J connectivity index is 3.84. The first-order chi connectivity index (χ1) is 5.61. The maximum absolute atomic E-state index is 10.8. The minimum Gasteiger partial charge on any atom is -0.466 e. The summed E-state index contributed by atoms with van der Waals surface area (Å²) in [5.41, 5.74) is 5.79. The zero-order valence-corrected chi connectivity index (χ0v) is 7.28. The van der Waals surface area contributed by atoms with Gasteiger partial charge in [0.1, 0.15) is 0 Å². The van der Waals surface area contributed by atoms with E-state index < -0.39 is 6.04 Å². The van der Waals surface area contributed by atoms with Crippen molar-refractivity contribution < 1.29 is 14.7 Å². The number of oxime groups is 1. The van der Waals surface area contributed by atoms with E-state index in [0.29, 0.717) is 12.3 Å². The molecule has 0 radical (unpaired) electrons. The Labute approximate surface area is 71.2 Å². The minimum atomic E-state index is -0.561. The van der Waals surface area contributed by atoms with Crippen LogP contribution >= 0.6 is 0 Å². The van der Waals surface area contributed by atoms with E-state index in [9.17, 15) is 4.79 Å². The van der Waals surface area contributed by atoms with Crippen LogP contribution in [-0.2, 0) is 9.53 Å². The van der Waals surface area contributed by atoms with Crippen LogP contribution in [-0.4, -0.2) is 29.5 Å². The van der Waals surface area contributed by atoms with Gasteiger partial charge in [-0.25, -0.2) is 0 Å². The van der Waals surface area contributed by atoms with Gasteiger partial charge in [-0.15, -0.1) is 0 Å². The van der Waals surface area contributed by atoms with Gasteiger partial charge in [0.05, 0.1) is 24.8 Å². The van der Waals surface area contributed by atoms with Gasteiger partial charge in [-0.3, -0.25) is 4.79 Å². The molecule has 70 valence electrons. The summed E-state index contributed by atoms with van der Waals surface area (Å²) in [6.07, 6.45) is 0.0454. The van der Waals surface area contributed by atoms with Crippen LogP contribution in [0.15, 0.2) is 5.16 Å². The molecule has 0 aliphatic heterocycles. The van der Waals surface area contributed by atoms with Gasteiger partial charge in [-0.2, -0.15) is 0 Å². The normalized spacial score (nSPS) is 14.1. The van der Waals surface area contributed by atoms with Gasteiger partial charge in [-0.05, 0) is 13.8 Å². The number of carbonyl (C=O) groups excluding carboxylic acids is 1. The van der Waals surface area contributed by atoms with Crippen LogP contribution < -0.4 is 5.73 Å². The molecule has 0 heterocycles. The smallest absolute Gasteiger partial charge is 0.307 e. The maximum Gasteiger partial charge on any atom is 0.307 e. The van der Waals surface area contributed by atoms with Crippen LogP contribution in [0.5, 0.6) is 0 Å². The highest BCUT2D eigenvalue weighted by Gasteiger charge is 2.12. The quantitative estimate of drug-likeness (QED) is 0.274. The monoisotopic (exact) mass is 174 g/mol. The fraction of sp³-hybridized carbons (Fsp3) is 0.714. The molecule has 0 rings (SSSR count). The van der Waals surface area contributed by atoms with Crippen molar-refractivity contribution in [1.29, 1.82) is 0 Å². The first kappa shape index (κ1) is 10.9. The number of nitrogens with two attached hydrogens (primary N) is 1. The number of nitrogens with zero attached hydrogens (tertiary/aromatic N) is 1. The van der Waals surface area contributed by atoms with Gasteiger partial charge < -0.3 is 15.7 Å². The SMILES string of the molecule is CCOC(=O)C[C@H](N)/C(C)=N/O. The average Bonchev–Trinajstić information content (AvgIpc) is 2.03. The summed E-state index contributed by atoms with van der Waals surface area (Å²) in [7, 11) is 0. The third-order valence-corrected chi connectivity index (χ3v) is 1.39. The van der Waals surface area contributed by atoms with Crippen molar-refractivity contribution in [3.05, 3.63) is 0 Å². The molecule has 0 fully saturated rings. The number of ether oxygens (including phenoxy) is 1. The second kappa shape index (κ2) is 5.54.